The molecule has 4 nitrogen and oxygen atoms in total. The zero-order valence-corrected chi connectivity index (χ0v) is 11.5. The number of para-hydroxylation sites is 1. The van der Waals surface area contributed by atoms with Crippen LogP contribution in [0.4, 0.5) is 10.5 Å². The van der Waals surface area contributed by atoms with E-state index in [4.69, 9.17) is 0 Å². The van der Waals surface area contributed by atoms with Crippen molar-refractivity contribution in [2.45, 2.75) is 6.92 Å². The number of anilines is 1. The normalized spacial score (nSPS) is 16.4. The van der Waals surface area contributed by atoms with Crippen LogP contribution in [-0.2, 0) is 4.79 Å². The molecule has 2 aromatic rings. The number of carbonyl (C=O) groups is 2. The summed E-state index contributed by atoms with van der Waals surface area (Å²) in [5.41, 5.74) is 2.83. The lowest BCUT2D eigenvalue weighted by Crippen LogP contribution is -2.30. The summed E-state index contributed by atoms with van der Waals surface area (Å²) in [4.78, 5) is 25.5. The molecule has 1 aliphatic rings. The Morgan fingerprint density at radius 2 is 1.76 bits per heavy atom. The van der Waals surface area contributed by atoms with Gasteiger partial charge in [0.15, 0.2) is 0 Å². The highest BCUT2D eigenvalue weighted by Crippen LogP contribution is 2.21. The van der Waals surface area contributed by atoms with Crippen LogP contribution in [0.3, 0.4) is 0 Å². The largest absolute Gasteiger partial charge is 0.333 e. The second-order valence-electron chi connectivity index (χ2n) is 4.88. The highest BCUT2D eigenvalue weighted by Gasteiger charge is 2.34. The van der Waals surface area contributed by atoms with Gasteiger partial charge in [-0.05, 0) is 30.7 Å². The van der Waals surface area contributed by atoms with Gasteiger partial charge >= 0.3 is 6.03 Å². The molecule has 1 aliphatic heterocycles. The van der Waals surface area contributed by atoms with E-state index in [1.54, 1.807) is 30.3 Å². The van der Waals surface area contributed by atoms with E-state index in [0.29, 0.717) is 5.69 Å². The molecule has 0 bridgehead atoms. The quantitative estimate of drug-likeness (QED) is 0.678. The smallest absolute Gasteiger partial charge is 0.302 e. The van der Waals surface area contributed by atoms with Crippen LogP contribution in [0, 0.1) is 6.92 Å². The number of hydrogen-bond donors (Lipinski definition) is 1. The fourth-order valence-electron chi connectivity index (χ4n) is 2.27. The zero-order valence-electron chi connectivity index (χ0n) is 11.5. The Morgan fingerprint density at radius 3 is 2.48 bits per heavy atom. The summed E-state index contributed by atoms with van der Waals surface area (Å²) in [5, 5.41) is 2.62. The monoisotopic (exact) mass is 278 g/mol. The minimum Gasteiger partial charge on any atom is -0.302 e. The van der Waals surface area contributed by atoms with Crippen molar-refractivity contribution in [2.24, 2.45) is 0 Å². The number of urea groups is 1. The predicted octanol–water partition coefficient (Wildman–Crippen LogP) is 3.09. The molecule has 0 unspecified atom stereocenters. The molecule has 3 rings (SSSR count). The summed E-state index contributed by atoms with van der Waals surface area (Å²) >= 11 is 0. The standard InChI is InChI=1S/C17H14N2O2/c1-12-6-5-7-13(10-12)11-15-16(20)19(17(21)18-15)14-8-3-2-4-9-14/h2-11H,1H3,(H,18,21). The van der Waals surface area contributed by atoms with Gasteiger partial charge in [-0.2, -0.15) is 0 Å². The fraction of sp³-hybridized carbons (Fsp3) is 0.0588. The lowest BCUT2D eigenvalue weighted by molar-refractivity contribution is -0.113. The fourth-order valence-corrected chi connectivity index (χ4v) is 2.27. The number of amides is 3. The van der Waals surface area contributed by atoms with Gasteiger partial charge in [-0.3, -0.25) is 4.79 Å². The molecule has 1 saturated heterocycles. The Balaban J connectivity index is 1.94. The van der Waals surface area contributed by atoms with Gasteiger partial charge in [-0.25, -0.2) is 9.69 Å². The zero-order chi connectivity index (χ0) is 14.8. The van der Waals surface area contributed by atoms with Crippen molar-refractivity contribution in [1.82, 2.24) is 5.32 Å². The van der Waals surface area contributed by atoms with E-state index >= 15 is 0 Å². The van der Waals surface area contributed by atoms with Gasteiger partial charge in [0.2, 0.25) is 0 Å². The van der Waals surface area contributed by atoms with Gasteiger partial charge in [0.05, 0.1) is 5.69 Å². The minimum absolute atomic E-state index is 0.287. The van der Waals surface area contributed by atoms with Crippen LogP contribution in [0.1, 0.15) is 11.1 Å². The molecule has 0 atom stereocenters. The molecule has 0 aromatic heterocycles. The van der Waals surface area contributed by atoms with Crippen molar-refractivity contribution < 1.29 is 9.59 Å². The minimum atomic E-state index is -0.426. The first-order valence-corrected chi connectivity index (χ1v) is 6.64. The summed E-state index contributed by atoms with van der Waals surface area (Å²) in [6.07, 6.45) is 1.69. The average Bonchev–Trinajstić information content (AvgIpc) is 2.74. The van der Waals surface area contributed by atoms with E-state index < -0.39 is 6.03 Å². The van der Waals surface area contributed by atoms with Gasteiger partial charge in [0.1, 0.15) is 5.70 Å². The Kier molecular flexibility index (Phi) is 3.28. The molecule has 1 fully saturated rings. The number of aryl methyl sites for hydroxylation is 1. The number of hydrogen-bond acceptors (Lipinski definition) is 2. The van der Waals surface area contributed by atoms with Crippen LogP contribution in [0.15, 0.2) is 60.3 Å². The van der Waals surface area contributed by atoms with Crippen molar-refractivity contribution in [3.05, 3.63) is 71.4 Å². The molecule has 2 aromatic carbocycles. The third-order valence-electron chi connectivity index (χ3n) is 3.25. The second kappa shape index (κ2) is 5.25. The average molecular weight is 278 g/mol. The maximum atomic E-state index is 12.4. The number of imide groups is 1. The number of rotatable bonds is 2. The van der Waals surface area contributed by atoms with E-state index in [9.17, 15) is 9.59 Å². The summed E-state index contributed by atoms with van der Waals surface area (Å²) < 4.78 is 0. The number of benzene rings is 2. The lowest BCUT2D eigenvalue weighted by atomic mass is 10.1. The molecule has 0 saturated carbocycles. The van der Waals surface area contributed by atoms with E-state index in [0.717, 1.165) is 16.0 Å². The van der Waals surface area contributed by atoms with Gasteiger partial charge < -0.3 is 5.32 Å². The SMILES string of the molecule is Cc1cccc(C=C2NC(=O)N(c3ccccc3)C2=O)c1. The maximum absolute atomic E-state index is 12.4. The summed E-state index contributed by atoms with van der Waals surface area (Å²) in [7, 11) is 0. The summed E-state index contributed by atoms with van der Waals surface area (Å²) in [6.45, 7) is 1.98. The molecular formula is C17H14N2O2. The number of nitrogens with one attached hydrogen (secondary N) is 1. The van der Waals surface area contributed by atoms with Gasteiger partial charge in [0, 0.05) is 0 Å². The summed E-state index contributed by atoms with van der Waals surface area (Å²) in [6, 6.07) is 16.2. The van der Waals surface area contributed by atoms with E-state index in [-0.39, 0.29) is 11.6 Å². The van der Waals surface area contributed by atoms with Crippen LogP contribution in [0.5, 0.6) is 0 Å². The topological polar surface area (TPSA) is 49.4 Å². The van der Waals surface area contributed by atoms with E-state index in [1.807, 2.05) is 37.3 Å². The highest BCUT2D eigenvalue weighted by molar-refractivity contribution is 6.28. The van der Waals surface area contributed by atoms with Crippen LogP contribution in [0.2, 0.25) is 0 Å². The lowest BCUT2D eigenvalue weighted by Gasteiger charge is -2.10. The van der Waals surface area contributed by atoms with Gasteiger partial charge in [-0.15, -0.1) is 0 Å². The molecular weight excluding hydrogens is 264 g/mol. The van der Waals surface area contributed by atoms with Crippen molar-refractivity contribution in [2.75, 3.05) is 4.90 Å². The highest BCUT2D eigenvalue weighted by atomic mass is 16.2. The van der Waals surface area contributed by atoms with Crippen molar-refractivity contribution in [3.63, 3.8) is 0 Å². The summed E-state index contributed by atoms with van der Waals surface area (Å²) in [5.74, 6) is -0.340. The Morgan fingerprint density at radius 1 is 1.00 bits per heavy atom. The molecule has 0 aliphatic carbocycles. The van der Waals surface area contributed by atoms with Crippen molar-refractivity contribution >= 4 is 23.7 Å². The Labute approximate surface area is 122 Å². The van der Waals surface area contributed by atoms with Crippen LogP contribution < -0.4 is 10.2 Å². The second-order valence-corrected chi connectivity index (χ2v) is 4.88. The van der Waals surface area contributed by atoms with Crippen molar-refractivity contribution in [1.29, 1.82) is 0 Å². The van der Waals surface area contributed by atoms with Crippen LogP contribution in [-0.4, -0.2) is 11.9 Å². The predicted molar refractivity (Wildman–Crippen MR) is 81.6 cm³/mol. The first-order chi connectivity index (χ1) is 10.1. The number of carbonyl (C=O) groups excluding carboxylic acids is 2. The first-order valence-electron chi connectivity index (χ1n) is 6.64. The van der Waals surface area contributed by atoms with Gasteiger partial charge in [0.25, 0.3) is 5.91 Å². The Hall–Kier alpha value is -2.88. The van der Waals surface area contributed by atoms with Crippen LogP contribution >= 0.6 is 0 Å². The molecule has 0 spiro atoms. The molecule has 1 N–H and O–H groups in total. The molecule has 21 heavy (non-hydrogen) atoms. The van der Waals surface area contributed by atoms with Crippen molar-refractivity contribution in [3.8, 4) is 0 Å². The number of nitrogens with zero attached hydrogens (tertiary/aromatic N) is 1. The van der Waals surface area contributed by atoms with E-state index in [2.05, 4.69) is 5.32 Å². The first kappa shape index (κ1) is 13.1. The van der Waals surface area contributed by atoms with Gasteiger partial charge in [-0.1, -0.05) is 48.0 Å². The third kappa shape index (κ3) is 2.56. The maximum Gasteiger partial charge on any atom is 0.333 e. The molecule has 4 heteroatoms. The molecule has 104 valence electrons. The van der Waals surface area contributed by atoms with E-state index in [1.165, 1.54) is 0 Å². The Bertz CT molecular complexity index is 735. The molecule has 1 heterocycles. The molecule has 0 radical (unpaired) electrons. The third-order valence-corrected chi connectivity index (χ3v) is 3.25. The molecule has 3 amide bonds. The van der Waals surface area contributed by atoms with Crippen LogP contribution in [0.25, 0.3) is 6.08 Å².